The van der Waals surface area contributed by atoms with Crippen molar-refractivity contribution in [2.45, 2.75) is 34.0 Å². The molecule has 0 fully saturated rings. The number of aromatic nitrogens is 2. The van der Waals surface area contributed by atoms with Crippen LogP contribution in [0.1, 0.15) is 23.6 Å². The first kappa shape index (κ1) is 15.3. The lowest BCUT2D eigenvalue weighted by Crippen LogP contribution is -2.14. The summed E-state index contributed by atoms with van der Waals surface area (Å²) >= 11 is 0. The summed E-state index contributed by atoms with van der Waals surface area (Å²) < 4.78 is 37.9. The zero-order valence-electron chi connectivity index (χ0n) is 12.3. The van der Waals surface area contributed by atoms with Crippen LogP contribution in [-0.4, -0.2) is 21.9 Å². The van der Waals surface area contributed by atoms with E-state index in [2.05, 4.69) is 10.1 Å². The first-order valence-corrected chi connectivity index (χ1v) is 6.45. The highest BCUT2D eigenvalue weighted by Crippen LogP contribution is 2.27. The molecule has 2 rings (SSSR count). The van der Waals surface area contributed by atoms with Gasteiger partial charge in [0.25, 0.3) is 0 Å². The lowest BCUT2D eigenvalue weighted by atomic mass is 9.98. The van der Waals surface area contributed by atoms with Gasteiger partial charge in [-0.15, -0.1) is 13.2 Å². The minimum atomic E-state index is -4.59. The van der Waals surface area contributed by atoms with Crippen LogP contribution in [-0.2, 0) is 0 Å². The van der Waals surface area contributed by atoms with Crippen molar-refractivity contribution in [3.8, 4) is 11.3 Å². The maximum atomic E-state index is 12.3. The Bertz CT molecular complexity index is 673. The Labute approximate surface area is 121 Å². The third-order valence-electron chi connectivity index (χ3n) is 3.14. The molecule has 0 atom stereocenters. The molecule has 1 aromatic heterocycles. The minimum absolute atomic E-state index is 0.212. The zero-order chi connectivity index (χ0) is 15.8. The molecule has 6 heteroatoms. The van der Waals surface area contributed by atoms with E-state index < -0.39 is 6.30 Å². The number of hydrogen-bond acceptors (Lipinski definition) is 2. The molecule has 0 unspecified atom stereocenters. The fourth-order valence-corrected chi connectivity index (χ4v) is 2.46. The summed E-state index contributed by atoms with van der Waals surface area (Å²) in [6.07, 6.45) is -3.11. The smallest absolute Gasteiger partial charge is 0.226 e. The molecule has 112 valence electrons. The van der Waals surface area contributed by atoms with Gasteiger partial charge >= 0.3 is 6.30 Å². The van der Waals surface area contributed by atoms with Gasteiger partial charge in [0, 0.05) is 11.8 Å². The highest BCUT2D eigenvalue weighted by atomic mass is 19.4. The van der Waals surface area contributed by atoms with Crippen LogP contribution >= 0.6 is 0 Å². The molecular weight excluding hydrogens is 279 g/mol. The molecule has 1 aromatic carbocycles. The SMILES string of the molecule is C/C(=N\C(F)(F)F)n1ccc(-c2c(C)cc(C)cc2C)n1. The Hall–Kier alpha value is -2.11. The Kier molecular flexibility index (Phi) is 3.89. The number of aliphatic imine (C=N–C) groups is 1. The summed E-state index contributed by atoms with van der Waals surface area (Å²) in [7, 11) is 0. The largest absolute Gasteiger partial charge is 0.504 e. The van der Waals surface area contributed by atoms with E-state index >= 15 is 0 Å². The summed E-state index contributed by atoms with van der Waals surface area (Å²) in [5.74, 6) is -0.212. The first-order chi connectivity index (χ1) is 9.67. The molecule has 0 aliphatic carbocycles. The molecule has 0 saturated carbocycles. The Morgan fingerprint density at radius 1 is 1.14 bits per heavy atom. The van der Waals surface area contributed by atoms with Crippen LogP contribution in [0.2, 0.25) is 0 Å². The molecule has 2 aromatic rings. The molecule has 0 spiro atoms. The normalized spacial score (nSPS) is 12.8. The number of nitrogens with zero attached hydrogens (tertiary/aromatic N) is 3. The van der Waals surface area contributed by atoms with E-state index in [-0.39, 0.29) is 5.84 Å². The molecule has 0 saturated heterocycles. The van der Waals surface area contributed by atoms with E-state index in [9.17, 15) is 13.2 Å². The Balaban J connectivity index is 2.44. The second-order valence-electron chi connectivity index (χ2n) is 5.05. The quantitative estimate of drug-likeness (QED) is 0.439. The van der Waals surface area contributed by atoms with E-state index in [0.717, 1.165) is 26.9 Å². The highest BCUT2D eigenvalue weighted by molar-refractivity contribution is 5.82. The molecule has 21 heavy (non-hydrogen) atoms. The molecule has 0 aliphatic heterocycles. The standard InChI is InChI=1S/C15H16F3N3/c1-9-7-10(2)14(11(3)8-9)13-5-6-21(20-13)12(4)19-15(16,17)18/h5-8H,1-4H3/b19-12+. The second kappa shape index (κ2) is 5.35. The molecule has 1 heterocycles. The molecule has 0 bridgehead atoms. The van der Waals surface area contributed by atoms with Gasteiger partial charge < -0.3 is 0 Å². The van der Waals surface area contributed by atoms with E-state index in [1.165, 1.54) is 13.1 Å². The van der Waals surface area contributed by atoms with Gasteiger partial charge in [0.2, 0.25) is 0 Å². The molecule has 0 amide bonds. The molecule has 0 radical (unpaired) electrons. The predicted octanol–water partition coefficient (Wildman–Crippen LogP) is 4.26. The van der Waals surface area contributed by atoms with E-state index in [1.807, 2.05) is 32.9 Å². The average molecular weight is 295 g/mol. The summed E-state index contributed by atoms with van der Waals surface area (Å²) in [5.41, 5.74) is 4.82. The Morgan fingerprint density at radius 2 is 1.71 bits per heavy atom. The predicted molar refractivity (Wildman–Crippen MR) is 76.4 cm³/mol. The fraction of sp³-hybridized carbons (Fsp3) is 0.333. The van der Waals surface area contributed by atoms with Gasteiger partial charge in [0.15, 0.2) is 0 Å². The van der Waals surface area contributed by atoms with Gasteiger partial charge in [-0.1, -0.05) is 17.7 Å². The topological polar surface area (TPSA) is 30.2 Å². The molecule has 0 N–H and O–H groups in total. The van der Waals surface area contributed by atoms with Gasteiger partial charge in [-0.25, -0.2) is 4.68 Å². The van der Waals surface area contributed by atoms with E-state index in [1.54, 1.807) is 6.07 Å². The van der Waals surface area contributed by atoms with Gasteiger partial charge in [-0.05, 0) is 44.9 Å². The maximum absolute atomic E-state index is 12.3. The zero-order valence-corrected chi connectivity index (χ0v) is 12.3. The van der Waals surface area contributed by atoms with Crippen molar-refractivity contribution in [1.82, 2.24) is 9.78 Å². The van der Waals surface area contributed by atoms with Crippen LogP contribution in [0, 0.1) is 20.8 Å². The van der Waals surface area contributed by atoms with Crippen molar-refractivity contribution >= 4 is 5.84 Å². The van der Waals surface area contributed by atoms with Crippen molar-refractivity contribution < 1.29 is 13.2 Å². The van der Waals surface area contributed by atoms with Gasteiger partial charge in [0.1, 0.15) is 5.84 Å². The average Bonchev–Trinajstić information content (AvgIpc) is 2.74. The summed E-state index contributed by atoms with van der Waals surface area (Å²) in [5, 5.41) is 4.20. The number of halogens is 3. The monoisotopic (exact) mass is 295 g/mol. The number of alkyl halides is 3. The van der Waals surface area contributed by atoms with Gasteiger partial charge in [-0.2, -0.15) is 10.1 Å². The number of benzene rings is 1. The summed E-state index contributed by atoms with van der Waals surface area (Å²) in [4.78, 5) is 2.66. The third kappa shape index (κ3) is 3.51. The highest BCUT2D eigenvalue weighted by Gasteiger charge is 2.26. The molecule has 3 nitrogen and oxygen atoms in total. The van der Waals surface area contributed by atoms with Crippen molar-refractivity contribution in [1.29, 1.82) is 0 Å². The lowest BCUT2D eigenvalue weighted by Gasteiger charge is -2.09. The van der Waals surface area contributed by atoms with Gasteiger partial charge in [-0.3, -0.25) is 0 Å². The van der Waals surface area contributed by atoms with E-state index in [4.69, 9.17) is 0 Å². The van der Waals surface area contributed by atoms with Crippen molar-refractivity contribution in [2.24, 2.45) is 4.99 Å². The first-order valence-electron chi connectivity index (χ1n) is 6.45. The molecule has 0 aliphatic rings. The summed E-state index contributed by atoms with van der Waals surface area (Å²) in [6, 6.07) is 5.75. The van der Waals surface area contributed by atoms with Crippen LogP contribution < -0.4 is 0 Å². The van der Waals surface area contributed by atoms with E-state index in [0.29, 0.717) is 5.69 Å². The van der Waals surface area contributed by atoms with Crippen LogP contribution in [0.4, 0.5) is 13.2 Å². The van der Waals surface area contributed by atoms with Crippen LogP contribution in [0.25, 0.3) is 11.3 Å². The van der Waals surface area contributed by atoms with Crippen molar-refractivity contribution in [2.75, 3.05) is 0 Å². The molecular formula is C15H16F3N3. The number of aryl methyl sites for hydroxylation is 3. The van der Waals surface area contributed by atoms with Crippen molar-refractivity contribution in [3.63, 3.8) is 0 Å². The lowest BCUT2D eigenvalue weighted by molar-refractivity contribution is -0.119. The van der Waals surface area contributed by atoms with Crippen LogP contribution in [0.15, 0.2) is 29.4 Å². The van der Waals surface area contributed by atoms with Crippen molar-refractivity contribution in [3.05, 3.63) is 41.1 Å². The summed E-state index contributed by atoms with van der Waals surface area (Å²) in [6.45, 7) is 7.21. The van der Waals surface area contributed by atoms with Crippen LogP contribution in [0.5, 0.6) is 0 Å². The minimum Gasteiger partial charge on any atom is -0.226 e. The second-order valence-corrected chi connectivity index (χ2v) is 5.05. The number of rotatable bonds is 1. The third-order valence-corrected chi connectivity index (χ3v) is 3.14. The number of hydrogen-bond donors (Lipinski definition) is 0. The van der Waals surface area contributed by atoms with Crippen LogP contribution in [0.3, 0.4) is 0 Å². The fourth-order valence-electron chi connectivity index (χ4n) is 2.46. The maximum Gasteiger partial charge on any atom is 0.504 e. The Morgan fingerprint density at radius 3 is 2.24 bits per heavy atom. The van der Waals surface area contributed by atoms with Gasteiger partial charge in [0.05, 0.1) is 5.69 Å².